The molecule has 0 saturated carbocycles. The van der Waals surface area contributed by atoms with Crippen LogP contribution in [0.25, 0.3) is 32.9 Å². The van der Waals surface area contributed by atoms with Crippen LogP contribution in [0.1, 0.15) is 18.4 Å². The molecule has 1 heterocycles. The number of hydrogen-bond donors (Lipinski definition) is 1. The summed E-state index contributed by atoms with van der Waals surface area (Å²) in [6, 6.07) is 22.1. The molecule has 0 bridgehead atoms. The zero-order chi connectivity index (χ0) is 20.5. The van der Waals surface area contributed by atoms with E-state index in [1.807, 2.05) is 6.08 Å². The number of hydrogen-bond acceptors (Lipinski definition) is 1. The van der Waals surface area contributed by atoms with Crippen LogP contribution in [0.4, 0.5) is 5.69 Å². The number of allylic oxidation sites excluding steroid dienone is 4. The molecule has 0 fully saturated rings. The van der Waals surface area contributed by atoms with Crippen LogP contribution >= 0.6 is 0 Å². The first kappa shape index (κ1) is 18.5. The number of para-hydroxylation sites is 1. The molecular weight excluding hydrogens is 364 g/mol. The first-order valence-corrected chi connectivity index (χ1v) is 10.6. The summed E-state index contributed by atoms with van der Waals surface area (Å²) in [4.78, 5) is 0. The molecule has 2 nitrogen and oxygen atoms in total. The van der Waals surface area contributed by atoms with E-state index >= 15 is 0 Å². The number of fused-ring (bicyclic) bond motifs is 3. The van der Waals surface area contributed by atoms with Gasteiger partial charge in [-0.05, 0) is 72.4 Å². The van der Waals surface area contributed by atoms with Gasteiger partial charge in [0, 0.05) is 40.2 Å². The lowest BCUT2D eigenvalue weighted by atomic mass is 9.98. The summed E-state index contributed by atoms with van der Waals surface area (Å²) in [6.45, 7) is 3.97. The second-order valence-corrected chi connectivity index (χ2v) is 7.94. The van der Waals surface area contributed by atoms with Gasteiger partial charge in [0.15, 0.2) is 0 Å². The highest BCUT2D eigenvalue weighted by molar-refractivity contribution is 6.09. The number of anilines is 1. The van der Waals surface area contributed by atoms with Crippen molar-refractivity contribution in [3.05, 3.63) is 103 Å². The zero-order valence-electron chi connectivity index (χ0n) is 17.4. The van der Waals surface area contributed by atoms with Crippen LogP contribution in [-0.4, -0.2) is 4.57 Å². The lowest BCUT2D eigenvalue weighted by Crippen LogP contribution is -2.02. The molecule has 5 rings (SSSR count). The molecule has 1 N–H and O–H groups in total. The van der Waals surface area contributed by atoms with Gasteiger partial charge >= 0.3 is 0 Å². The monoisotopic (exact) mass is 390 g/mol. The molecule has 4 aromatic rings. The van der Waals surface area contributed by atoms with Crippen molar-refractivity contribution in [2.24, 2.45) is 7.05 Å². The van der Waals surface area contributed by atoms with E-state index in [2.05, 4.69) is 102 Å². The average Bonchev–Trinajstić information content (AvgIpc) is 3.08. The molecule has 0 saturated heterocycles. The number of aryl methyl sites for hydroxylation is 1. The first-order chi connectivity index (χ1) is 14.7. The summed E-state index contributed by atoms with van der Waals surface area (Å²) in [5.74, 6) is 0. The number of rotatable bonds is 5. The Labute approximate surface area is 177 Å². The molecular formula is C28H26N2. The molecule has 0 radical (unpaired) electrons. The van der Waals surface area contributed by atoms with Gasteiger partial charge < -0.3 is 9.88 Å². The van der Waals surface area contributed by atoms with Crippen LogP contribution in [0.3, 0.4) is 0 Å². The summed E-state index contributed by atoms with van der Waals surface area (Å²) in [5.41, 5.74) is 8.61. The van der Waals surface area contributed by atoms with Gasteiger partial charge in [-0.3, -0.25) is 0 Å². The molecule has 0 atom stereocenters. The molecule has 30 heavy (non-hydrogen) atoms. The minimum atomic E-state index is 0.837. The van der Waals surface area contributed by atoms with Crippen molar-refractivity contribution in [2.75, 3.05) is 5.32 Å². The quantitative estimate of drug-likeness (QED) is 0.352. The molecule has 1 aromatic heterocycles. The van der Waals surface area contributed by atoms with Gasteiger partial charge in [0.1, 0.15) is 0 Å². The fourth-order valence-electron chi connectivity index (χ4n) is 4.43. The first-order valence-electron chi connectivity index (χ1n) is 10.6. The Morgan fingerprint density at radius 2 is 1.73 bits per heavy atom. The fraction of sp³-hybridized carbons (Fsp3) is 0.143. The Hall–Kier alpha value is -3.52. The number of benzene rings is 3. The normalized spacial score (nSPS) is 13.6. The van der Waals surface area contributed by atoms with Crippen LogP contribution in [0, 0.1) is 0 Å². The highest BCUT2D eigenvalue weighted by Crippen LogP contribution is 2.33. The van der Waals surface area contributed by atoms with E-state index in [0.29, 0.717) is 0 Å². The smallest absolute Gasteiger partial charge is 0.0489 e. The summed E-state index contributed by atoms with van der Waals surface area (Å²) in [5, 5.41) is 6.20. The van der Waals surface area contributed by atoms with Crippen LogP contribution < -0.4 is 5.32 Å². The molecule has 3 aromatic carbocycles. The molecule has 1 aliphatic carbocycles. The SMILES string of the molecule is C=CCc1cc(-c2ccc3c(c2)c2ccccc2n3C)ccc1NC1=CCCC=C1. The number of nitrogens with zero attached hydrogens (tertiary/aromatic N) is 1. The Kier molecular flexibility index (Phi) is 4.76. The maximum atomic E-state index is 3.97. The van der Waals surface area contributed by atoms with Crippen molar-refractivity contribution in [3.63, 3.8) is 0 Å². The molecule has 0 amide bonds. The van der Waals surface area contributed by atoms with E-state index in [9.17, 15) is 0 Å². The minimum Gasteiger partial charge on any atom is -0.356 e. The highest BCUT2D eigenvalue weighted by atomic mass is 14.9. The van der Waals surface area contributed by atoms with Gasteiger partial charge in [-0.15, -0.1) is 6.58 Å². The van der Waals surface area contributed by atoms with Crippen molar-refractivity contribution in [1.29, 1.82) is 0 Å². The standard InChI is InChI=1S/C28H26N2/c1-3-9-22-18-20(14-16-26(22)29-23-10-5-4-6-11-23)21-15-17-28-25(19-21)24-12-7-8-13-27(24)30(28)2/h3,5,7-8,10-19,29H,1,4,6,9H2,2H3. The highest BCUT2D eigenvalue weighted by Gasteiger charge is 2.11. The van der Waals surface area contributed by atoms with E-state index in [1.165, 1.54) is 44.2 Å². The van der Waals surface area contributed by atoms with E-state index < -0.39 is 0 Å². The fourth-order valence-corrected chi connectivity index (χ4v) is 4.43. The van der Waals surface area contributed by atoms with Crippen molar-refractivity contribution in [3.8, 4) is 11.1 Å². The lowest BCUT2D eigenvalue weighted by molar-refractivity contribution is 1.01. The van der Waals surface area contributed by atoms with E-state index in [4.69, 9.17) is 0 Å². The van der Waals surface area contributed by atoms with Crippen molar-refractivity contribution in [1.82, 2.24) is 4.57 Å². The Morgan fingerprint density at radius 1 is 0.933 bits per heavy atom. The number of aromatic nitrogens is 1. The van der Waals surface area contributed by atoms with E-state index in [-0.39, 0.29) is 0 Å². The van der Waals surface area contributed by atoms with Gasteiger partial charge in [0.25, 0.3) is 0 Å². The topological polar surface area (TPSA) is 17.0 Å². The van der Waals surface area contributed by atoms with Crippen LogP contribution in [-0.2, 0) is 13.5 Å². The third-order valence-corrected chi connectivity index (χ3v) is 5.99. The van der Waals surface area contributed by atoms with Gasteiger partial charge in [0.05, 0.1) is 0 Å². The molecule has 2 heteroatoms. The third kappa shape index (κ3) is 3.25. The lowest BCUT2D eigenvalue weighted by Gasteiger charge is -2.15. The van der Waals surface area contributed by atoms with Gasteiger partial charge in [-0.25, -0.2) is 0 Å². The van der Waals surface area contributed by atoms with Gasteiger partial charge in [-0.2, -0.15) is 0 Å². The zero-order valence-corrected chi connectivity index (χ0v) is 17.4. The maximum absolute atomic E-state index is 3.97. The van der Waals surface area contributed by atoms with Crippen LogP contribution in [0.15, 0.2) is 97.2 Å². The van der Waals surface area contributed by atoms with E-state index in [0.717, 1.165) is 24.9 Å². The average molecular weight is 391 g/mol. The van der Waals surface area contributed by atoms with Gasteiger partial charge in [0.2, 0.25) is 0 Å². The Bertz CT molecular complexity index is 1320. The second-order valence-electron chi connectivity index (χ2n) is 7.94. The van der Waals surface area contributed by atoms with Crippen molar-refractivity contribution < 1.29 is 0 Å². The molecule has 1 aliphatic rings. The Morgan fingerprint density at radius 3 is 2.57 bits per heavy atom. The van der Waals surface area contributed by atoms with Crippen LogP contribution in [0.2, 0.25) is 0 Å². The van der Waals surface area contributed by atoms with Crippen LogP contribution in [0.5, 0.6) is 0 Å². The van der Waals surface area contributed by atoms with E-state index in [1.54, 1.807) is 0 Å². The summed E-state index contributed by atoms with van der Waals surface area (Å²) >= 11 is 0. The van der Waals surface area contributed by atoms with Crippen molar-refractivity contribution >= 4 is 27.5 Å². The second kappa shape index (κ2) is 7.72. The minimum absolute atomic E-state index is 0.837. The summed E-state index contributed by atoms with van der Waals surface area (Å²) in [7, 11) is 2.14. The van der Waals surface area contributed by atoms with Gasteiger partial charge in [-0.1, -0.05) is 48.6 Å². The molecule has 148 valence electrons. The predicted octanol–water partition coefficient (Wildman–Crippen LogP) is 7.37. The molecule has 0 aliphatic heterocycles. The summed E-state index contributed by atoms with van der Waals surface area (Å²) in [6.07, 6.45) is 11.7. The largest absolute Gasteiger partial charge is 0.356 e. The maximum Gasteiger partial charge on any atom is 0.0489 e. The van der Waals surface area contributed by atoms with Crippen molar-refractivity contribution in [2.45, 2.75) is 19.3 Å². The summed E-state index contributed by atoms with van der Waals surface area (Å²) < 4.78 is 2.27. The third-order valence-electron chi connectivity index (χ3n) is 5.99. The number of nitrogens with one attached hydrogen (secondary N) is 1. The Balaban J connectivity index is 1.58. The predicted molar refractivity (Wildman–Crippen MR) is 130 cm³/mol. The molecule has 0 spiro atoms. The molecule has 0 unspecified atom stereocenters.